The number of rotatable bonds is 3. The van der Waals surface area contributed by atoms with Gasteiger partial charge in [-0.25, -0.2) is 13.2 Å². The summed E-state index contributed by atoms with van der Waals surface area (Å²) in [6.45, 7) is 1.28. The number of β-lactam (4-membered cyclic amide) rings is 1. The van der Waals surface area contributed by atoms with Gasteiger partial charge >= 0.3 is 5.97 Å². The smallest absolute Gasteiger partial charge is 0.328 e. The van der Waals surface area contributed by atoms with Crippen molar-refractivity contribution in [3.05, 3.63) is 35.7 Å². The van der Waals surface area contributed by atoms with Gasteiger partial charge in [0.25, 0.3) is 5.91 Å². The summed E-state index contributed by atoms with van der Waals surface area (Å²) in [6, 6.07) is 3.52. The molecule has 1 aromatic rings. The van der Waals surface area contributed by atoms with Crippen LogP contribution in [0.1, 0.15) is 12.6 Å². The Hall–Kier alpha value is -2.55. The van der Waals surface area contributed by atoms with Crippen LogP contribution < -0.4 is 0 Å². The number of aliphatic imine (C=N–C) groups is 1. The van der Waals surface area contributed by atoms with E-state index in [2.05, 4.69) is 9.98 Å². The minimum absolute atomic E-state index is 0.0215. The van der Waals surface area contributed by atoms with Crippen LogP contribution in [-0.2, 0) is 19.4 Å². The Kier molecular flexibility index (Phi) is 3.56. The highest BCUT2D eigenvalue weighted by Gasteiger charge is 2.71. The molecule has 0 saturated carbocycles. The van der Waals surface area contributed by atoms with Crippen LogP contribution in [0.25, 0.3) is 6.08 Å². The summed E-state index contributed by atoms with van der Waals surface area (Å²) >= 11 is 0. The summed E-state index contributed by atoms with van der Waals surface area (Å²) < 4.78 is 24.1. The van der Waals surface area contributed by atoms with Crippen molar-refractivity contribution in [3.8, 4) is 0 Å². The van der Waals surface area contributed by atoms with Gasteiger partial charge in [0.1, 0.15) is 4.75 Å². The molecule has 8 nitrogen and oxygen atoms in total. The molecule has 3 rings (SSSR count). The number of hydrogen-bond acceptors (Lipinski definition) is 6. The number of carbonyl (C=O) groups excluding carboxylic acids is 1. The van der Waals surface area contributed by atoms with E-state index in [1.54, 1.807) is 18.2 Å². The first-order valence-corrected chi connectivity index (χ1v) is 8.65. The Morgan fingerprint density at radius 3 is 2.71 bits per heavy atom. The molecular formula is C15H15N3O5S. The fraction of sp³-hybridized carbons (Fsp3) is 0.333. The van der Waals surface area contributed by atoms with Crippen molar-refractivity contribution in [1.29, 1.82) is 0 Å². The van der Waals surface area contributed by atoms with Crippen molar-refractivity contribution in [2.75, 3.05) is 7.05 Å². The predicted molar refractivity (Wildman–Crippen MR) is 86.0 cm³/mol. The Labute approximate surface area is 138 Å². The first-order chi connectivity index (χ1) is 11.3. The molecular weight excluding hydrogens is 334 g/mol. The number of pyridine rings is 1. The molecule has 0 aromatic carbocycles. The largest absolute Gasteiger partial charge is 0.480 e. The van der Waals surface area contributed by atoms with E-state index < -0.39 is 37.9 Å². The van der Waals surface area contributed by atoms with Crippen molar-refractivity contribution < 1.29 is 23.1 Å². The zero-order chi connectivity index (χ0) is 17.7. The first-order valence-electron chi connectivity index (χ1n) is 7.10. The van der Waals surface area contributed by atoms with Gasteiger partial charge in [0.2, 0.25) is 0 Å². The fourth-order valence-electron chi connectivity index (χ4n) is 3.20. The Balaban J connectivity index is 2.15. The molecule has 0 spiro atoms. The first kappa shape index (κ1) is 16.3. The number of fused-ring (bicyclic) bond motifs is 1. The third-order valence-corrected chi connectivity index (χ3v) is 6.96. The summed E-state index contributed by atoms with van der Waals surface area (Å²) in [7, 11) is -2.64. The summed E-state index contributed by atoms with van der Waals surface area (Å²) in [5.41, 5.74) is 0.452. The molecule has 0 radical (unpaired) electrons. The van der Waals surface area contributed by atoms with Crippen molar-refractivity contribution in [2.45, 2.75) is 23.1 Å². The van der Waals surface area contributed by atoms with E-state index in [1.165, 1.54) is 26.2 Å². The van der Waals surface area contributed by atoms with Crippen LogP contribution >= 0.6 is 0 Å². The summed E-state index contributed by atoms with van der Waals surface area (Å²) in [6.07, 6.45) is 3.99. The molecule has 126 valence electrons. The number of aliphatic carboxylic acids is 1. The molecule has 0 aliphatic carbocycles. The summed E-state index contributed by atoms with van der Waals surface area (Å²) in [4.78, 5) is 32.7. The van der Waals surface area contributed by atoms with Crippen molar-refractivity contribution in [3.63, 3.8) is 0 Å². The van der Waals surface area contributed by atoms with Crippen LogP contribution in [0.5, 0.6) is 0 Å². The molecule has 3 atom stereocenters. The number of carboxylic acid groups (broad SMARTS) is 1. The maximum atomic E-state index is 12.9. The van der Waals surface area contributed by atoms with Gasteiger partial charge in [-0.2, -0.15) is 0 Å². The molecule has 2 fully saturated rings. The normalized spacial score (nSPS) is 32.8. The van der Waals surface area contributed by atoms with Gasteiger partial charge in [-0.05, 0) is 25.1 Å². The summed E-state index contributed by atoms with van der Waals surface area (Å²) in [5.74, 6) is -2.00. The SMILES string of the molecule is C/N=C/[C@@]1(C)[C@H](C(=O)O)N2C(=O)/C(=C/c3ccccn3)[C@H]2S1(=O)=O. The second-order valence-electron chi connectivity index (χ2n) is 5.78. The van der Waals surface area contributed by atoms with Gasteiger partial charge in [-0.15, -0.1) is 0 Å². The molecule has 3 heterocycles. The average Bonchev–Trinajstić information content (AvgIpc) is 2.69. The van der Waals surface area contributed by atoms with E-state index in [4.69, 9.17) is 0 Å². The van der Waals surface area contributed by atoms with E-state index in [0.717, 1.165) is 11.1 Å². The van der Waals surface area contributed by atoms with Gasteiger partial charge in [-0.3, -0.25) is 14.8 Å². The minimum atomic E-state index is -4.01. The fourth-order valence-corrected chi connectivity index (χ4v) is 5.48. The topological polar surface area (TPSA) is 117 Å². The number of sulfone groups is 1. The maximum Gasteiger partial charge on any atom is 0.328 e. The zero-order valence-electron chi connectivity index (χ0n) is 12.9. The molecule has 2 aliphatic rings. The van der Waals surface area contributed by atoms with Gasteiger partial charge < -0.3 is 10.0 Å². The molecule has 1 amide bonds. The maximum absolute atomic E-state index is 12.9. The lowest BCUT2D eigenvalue weighted by molar-refractivity contribution is -0.152. The Bertz CT molecular complexity index is 878. The van der Waals surface area contributed by atoms with Crippen LogP contribution in [0.3, 0.4) is 0 Å². The highest BCUT2D eigenvalue weighted by Crippen LogP contribution is 2.48. The molecule has 9 heteroatoms. The highest BCUT2D eigenvalue weighted by molar-refractivity contribution is 7.94. The standard InChI is InChI=1S/C15H15N3O5S/c1-15(8-16-2)11(14(20)21)18-12(19)10(13(18)24(15,22)23)7-9-5-3-4-6-17-9/h3-8,11,13H,1-2H3,(H,20,21)/b10-7-,16-8+/t11-,13+,15-/m0/s1. The number of carboxylic acids is 1. The molecule has 2 saturated heterocycles. The quantitative estimate of drug-likeness (QED) is 0.465. The summed E-state index contributed by atoms with van der Waals surface area (Å²) in [5, 5.41) is 8.18. The molecule has 0 bridgehead atoms. The molecule has 24 heavy (non-hydrogen) atoms. The lowest BCUT2D eigenvalue weighted by atomic mass is 9.94. The zero-order valence-corrected chi connectivity index (χ0v) is 13.8. The predicted octanol–water partition coefficient (Wildman–Crippen LogP) is -0.0258. The molecule has 2 aliphatic heterocycles. The molecule has 1 aromatic heterocycles. The number of hydrogen-bond donors (Lipinski definition) is 1. The average molecular weight is 349 g/mol. The molecule has 1 N–H and O–H groups in total. The van der Waals surface area contributed by atoms with E-state index in [9.17, 15) is 23.1 Å². The van der Waals surface area contributed by atoms with Crippen LogP contribution in [0.2, 0.25) is 0 Å². The number of nitrogens with zero attached hydrogens (tertiary/aromatic N) is 3. The van der Waals surface area contributed by atoms with E-state index in [-0.39, 0.29) is 5.57 Å². The third kappa shape index (κ3) is 1.94. The highest BCUT2D eigenvalue weighted by atomic mass is 32.2. The van der Waals surface area contributed by atoms with Crippen LogP contribution in [-0.4, -0.2) is 64.7 Å². The van der Waals surface area contributed by atoms with Crippen LogP contribution in [0.15, 0.2) is 35.0 Å². The third-order valence-electron chi connectivity index (χ3n) is 4.34. The number of amides is 1. The Morgan fingerprint density at radius 1 is 1.46 bits per heavy atom. The van der Waals surface area contributed by atoms with Crippen LogP contribution in [0, 0.1) is 0 Å². The van der Waals surface area contributed by atoms with E-state index in [1.807, 2.05) is 0 Å². The minimum Gasteiger partial charge on any atom is -0.480 e. The second kappa shape index (κ2) is 5.23. The molecule has 0 unspecified atom stereocenters. The van der Waals surface area contributed by atoms with E-state index in [0.29, 0.717) is 5.69 Å². The lowest BCUT2D eigenvalue weighted by Crippen LogP contribution is -2.59. The monoisotopic (exact) mass is 349 g/mol. The van der Waals surface area contributed by atoms with Gasteiger partial charge in [0, 0.05) is 19.5 Å². The number of aromatic nitrogens is 1. The van der Waals surface area contributed by atoms with Gasteiger partial charge in [-0.1, -0.05) is 6.07 Å². The van der Waals surface area contributed by atoms with Crippen LogP contribution in [0.4, 0.5) is 0 Å². The van der Waals surface area contributed by atoms with Crippen molar-refractivity contribution in [2.24, 2.45) is 4.99 Å². The second-order valence-corrected chi connectivity index (χ2v) is 8.19. The van der Waals surface area contributed by atoms with Gasteiger partial charge in [0.15, 0.2) is 21.3 Å². The van der Waals surface area contributed by atoms with Crippen molar-refractivity contribution >= 4 is 34.0 Å². The lowest BCUT2D eigenvalue weighted by Gasteiger charge is -2.37. The van der Waals surface area contributed by atoms with Gasteiger partial charge in [0.05, 0.1) is 11.3 Å². The van der Waals surface area contributed by atoms with Crippen molar-refractivity contribution in [1.82, 2.24) is 9.88 Å². The number of carbonyl (C=O) groups is 2. The van der Waals surface area contributed by atoms with E-state index >= 15 is 0 Å². The Morgan fingerprint density at radius 2 is 2.17 bits per heavy atom.